The zero-order chi connectivity index (χ0) is 15.4. The summed E-state index contributed by atoms with van der Waals surface area (Å²) in [4.78, 5) is 18.1. The number of carbonyl (C=O) groups is 1. The molecule has 0 unspecified atom stereocenters. The standard InChI is InChI=1S/C15H18N4O2S/c1-11-3-2-8-19(9-11)13(20)10-22-15-18-17-14(21-15)12-4-6-16-7-5-12/h4-7,11H,2-3,8-10H2,1H3/t11-/m0/s1. The maximum atomic E-state index is 12.2. The SMILES string of the molecule is C[C@H]1CCCN(C(=O)CSc2nnc(-c3ccncc3)o2)C1. The molecule has 1 fully saturated rings. The molecule has 0 aromatic carbocycles. The number of piperidine rings is 1. The third-order valence-electron chi connectivity index (χ3n) is 3.66. The maximum Gasteiger partial charge on any atom is 0.277 e. The van der Waals surface area contributed by atoms with Gasteiger partial charge in [-0.25, -0.2) is 0 Å². The van der Waals surface area contributed by atoms with Crippen LogP contribution in [0.15, 0.2) is 34.2 Å². The van der Waals surface area contributed by atoms with Crippen molar-refractivity contribution in [1.29, 1.82) is 0 Å². The van der Waals surface area contributed by atoms with E-state index < -0.39 is 0 Å². The fraction of sp³-hybridized carbons (Fsp3) is 0.467. The average molecular weight is 318 g/mol. The molecule has 1 amide bonds. The minimum absolute atomic E-state index is 0.139. The molecule has 116 valence electrons. The van der Waals surface area contributed by atoms with E-state index in [1.165, 1.54) is 18.2 Å². The molecular formula is C15H18N4O2S. The summed E-state index contributed by atoms with van der Waals surface area (Å²) in [7, 11) is 0. The van der Waals surface area contributed by atoms with Crippen molar-refractivity contribution < 1.29 is 9.21 Å². The number of carbonyl (C=O) groups excluding carboxylic acids is 1. The lowest BCUT2D eigenvalue weighted by molar-refractivity contribution is -0.130. The summed E-state index contributed by atoms with van der Waals surface area (Å²) in [5.41, 5.74) is 0.825. The zero-order valence-corrected chi connectivity index (χ0v) is 13.3. The Morgan fingerprint density at radius 2 is 2.23 bits per heavy atom. The number of aromatic nitrogens is 3. The van der Waals surface area contributed by atoms with Crippen molar-refractivity contribution in [3.05, 3.63) is 24.5 Å². The quantitative estimate of drug-likeness (QED) is 0.807. The predicted molar refractivity (Wildman–Crippen MR) is 83.2 cm³/mol. The molecule has 0 saturated carbocycles. The molecule has 3 rings (SSSR count). The Hall–Kier alpha value is -1.89. The highest BCUT2D eigenvalue weighted by atomic mass is 32.2. The summed E-state index contributed by atoms with van der Waals surface area (Å²) in [6.07, 6.45) is 5.64. The molecule has 7 heteroatoms. The molecule has 1 saturated heterocycles. The van der Waals surface area contributed by atoms with E-state index in [9.17, 15) is 4.79 Å². The van der Waals surface area contributed by atoms with Gasteiger partial charge in [-0.15, -0.1) is 10.2 Å². The lowest BCUT2D eigenvalue weighted by Gasteiger charge is -2.30. The summed E-state index contributed by atoms with van der Waals surface area (Å²) < 4.78 is 5.57. The molecule has 2 aromatic heterocycles. The first-order valence-corrected chi connectivity index (χ1v) is 8.35. The van der Waals surface area contributed by atoms with Gasteiger partial charge in [0.15, 0.2) is 0 Å². The van der Waals surface area contributed by atoms with Crippen molar-refractivity contribution in [3.8, 4) is 11.5 Å². The normalized spacial score (nSPS) is 18.4. The van der Waals surface area contributed by atoms with Gasteiger partial charge >= 0.3 is 0 Å². The third kappa shape index (κ3) is 3.65. The maximum absolute atomic E-state index is 12.2. The van der Waals surface area contributed by atoms with E-state index in [4.69, 9.17) is 4.42 Å². The minimum atomic E-state index is 0.139. The highest BCUT2D eigenvalue weighted by molar-refractivity contribution is 7.99. The summed E-state index contributed by atoms with van der Waals surface area (Å²) in [6, 6.07) is 3.62. The number of nitrogens with zero attached hydrogens (tertiary/aromatic N) is 4. The number of hydrogen-bond acceptors (Lipinski definition) is 6. The Morgan fingerprint density at radius 3 is 3.00 bits per heavy atom. The second-order valence-corrected chi connectivity index (χ2v) is 6.41. The van der Waals surface area contributed by atoms with E-state index in [0.717, 1.165) is 25.1 Å². The van der Waals surface area contributed by atoms with Gasteiger partial charge in [-0.2, -0.15) is 0 Å². The number of thioether (sulfide) groups is 1. The van der Waals surface area contributed by atoms with Crippen LogP contribution in [0.4, 0.5) is 0 Å². The number of likely N-dealkylation sites (tertiary alicyclic amines) is 1. The first-order chi connectivity index (χ1) is 10.7. The van der Waals surface area contributed by atoms with Crippen LogP contribution in [-0.2, 0) is 4.79 Å². The molecule has 0 aliphatic carbocycles. The van der Waals surface area contributed by atoms with Gasteiger partial charge in [0.2, 0.25) is 11.8 Å². The van der Waals surface area contributed by atoms with Crippen molar-refractivity contribution in [2.24, 2.45) is 5.92 Å². The number of hydrogen-bond donors (Lipinski definition) is 0. The van der Waals surface area contributed by atoms with Crippen molar-refractivity contribution >= 4 is 17.7 Å². The van der Waals surface area contributed by atoms with Gasteiger partial charge < -0.3 is 9.32 Å². The number of rotatable bonds is 4. The lowest BCUT2D eigenvalue weighted by atomic mass is 10.0. The van der Waals surface area contributed by atoms with E-state index in [1.54, 1.807) is 12.4 Å². The van der Waals surface area contributed by atoms with E-state index >= 15 is 0 Å². The zero-order valence-electron chi connectivity index (χ0n) is 12.4. The second kappa shape index (κ2) is 6.91. The van der Waals surface area contributed by atoms with Gasteiger partial charge in [-0.05, 0) is 30.9 Å². The second-order valence-electron chi connectivity index (χ2n) is 5.48. The van der Waals surface area contributed by atoms with Crippen molar-refractivity contribution in [2.45, 2.75) is 25.0 Å². The Bertz CT molecular complexity index is 631. The molecule has 1 aliphatic heterocycles. The molecular weight excluding hydrogens is 300 g/mol. The molecule has 1 aliphatic rings. The summed E-state index contributed by atoms with van der Waals surface area (Å²) >= 11 is 1.29. The minimum Gasteiger partial charge on any atom is -0.411 e. The average Bonchev–Trinajstić information content (AvgIpc) is 3.02. The fourth-order valence-corrected chi connectivity index (χ4v) is 3.18. The molecule has 3 heterocycles. The molecule has 6 nitrogen and oxygen atoms in total. The molecule has 0 N–H and O–H groups in total. The van der Waals surface area contributed by atoms with Crippen LogP contribution >= 0.6 is 11.8 Å². The summed E-state index contributed by atoms with van der Waals surface area (Å²) in [5.74, 6) is 1.51. The van der Waals surface area contributed by atoms with Crippen LogP contribution in [0, 0.1) is 5.92 Å². The van der Waals surface area contributed by atoms with Crippen LogP contribution < -0.4 is 0 Å². The molecule has 22 heavy (non-hydrogen) atoms. The Labute approximate surface area is 133 Å². The fourth-order valence-electron chi connectivity index (χ4n) is 2.51. The lowest BCUT2D eigenvalue weighted by Crippen LogP contribution is -2.40. The smallest absolute Gasteiger partial charge is 0.277 e. The van der Waals surface area contributed by atoms with Gasteiger partial charge in [-0.1, -0.05) is 18.7 Å². The number of pyridine rings is 1. The van der Waals surface area contributed by atoms with Crippen LogP contribution in [0.2, 0.25) is 0 Å². The van der Waals surface area contributed by atoms with E-state index in [0.29, 0.717) is 22.8 Å². The van der Waals surface area contributed by atoms with Gasteiger partial charge in [-0.3, -0.25) is 9.78 Å². The Balaban J connectivity index is 1.56. The summed E-state index contributed by atoms with van der Waals surface area (Å²) in [5, 5.41) is 8.40. The highest BCUT2D eigenvalue weighted by Gasteiger charge is 2.21. The van der Waals surface area contributed by atoms with Gasteiger partial charge in [0.25, 0.3) is 5.22 Å². The molecule has 0 radical (unpaired) electrons. The monoisotopic (exact) mass is 318 g/mol. The first kappa shape index (κ1) is 15.0. The van der Waals surface area contributed by atoms with Gasteiger partial charge in [0.05, 0.1) is 5.75 Å². The topological polar surface area (TPSA) is 72.1 Å². The van der Waals surface area contributed by atoms with Crippen LogP contribution in [0.3, 0.4) is 0 Å². The predicted octanol–water partition coefficient (Wildman–Crippen LogP) is 2.48. The van der Waals surface area contributed by atoms with Gasteiger partial charge in [0.1, 0.15) is 0 Å². The van der Waals surface area contributed by atoms with E-state index in [1.807, 2.05) is 17.0 Å². The molecule has 0 bridgehead atoms. The first-order valence-electron chi connectivity index (χ1n) is 7.37. The van der Waals surface area contributed by atoms with Crippen LogP contribution in [0.1, 0.15) is 19.8 Å². The van der Waals surface area contributed by atoms with Crippen LogP contribution in [0.25, 0.3) is 11.5 Å². The van der Waals surface area contributed by atoms with Crippen molar-refractivity contribution in [2.75, 3.05) is 18.8 Å². The van der Waals surface area contributed by atoms with Crippen molar-refractivity contribution in [3.63, 3.8) is 0 Å². The van der Waals surface area contributed by atoms with E-state index in [-0.39, 0.29) is 5.91 Å². The highest BCUT2D eigenvalue weighted by Crippen LogP contribution is 2.23. The summed E-state index contributed by atoms with van der Waals surface area (Å²) in [6.45, 7) is 3.90. The Morgan fingerprint density at radius 1 is 1.41 bits per heavy atom. The van der Waals surface area contributed by atoms with E-state index in [2.05, 4.69) is 22.1 Å². The number of amides is 1. The Kier molecular flexibility index (Phi) is 4.72. The molecule has 0 spiro atoms. The largest absolute Gasteiger partial charge is 0.411 e. The van der Waals surface area contributed by atoms with Crippen molar-refractivity contribution in [1.82, 2.24) is 20.1 Å². The van der Waals surface area contributed by atoms with Gasteiger partial charge in [0, 0.05) is 31.0 Å². The molecule has 2 aromatic rings. The van der Waals surface area contributed by atoms with Crippen LogP contribution in [0.5, 0.6) is 0 Å². The molecule has 1 atom stereocenters. The van der Waals surface area contributed by atoms with Crippen LogP contribution in [-0.4, -0.2) is 44.8 Å². The third-order valence-corrected chi connectivity index (χ3v) is 4.47.